The van der Waals surface area contributed by atoms with E-state index in [1.807, 2.05) is 6.92 Å². The molecule has 0 spiro atoms. The average Bonchev–Trinajstić information content (AvgIpc) is 2.02. The fourth-order valence-electron chi connectivity index (χ4n) is 1.67. The minimum absolute atomic E-state index is 0.0811. The third kappa shape index (κ3) is 1.39. The van der Waals surface area contributed by atoms with Gasteiger partial charge >= 0.3 is 0 Å². The summed E-state index contributed by atoms with van der Waals surface area (Å²) in [6.45, 7) is 1.94. The first-order valence-electron chi connectivity index (χ1n) is 4.19. The van der Waals surface area contributed by atoms with E-state index >= 15 is 0 Å². The highest BCUT2D eigenvalue weighted by atomic mass is 16.5. The number of morpholine rings is 1. The van der Waals surface area contributed by atoms with E-state index in [1.165, 1.54) is 0 Å². The molecular weight excluding hydrogens is 170 g/mol. The Kier molecular flexibility index (Phi) is 1.76. The lowest BCUT2D eigenvalue weighted by Crippen LogP contribution is -2.45. The van der Waals surface area contributed by atoms with E-state index in [2.05, 4.69) is 5.32 Å². The fraction of sp³-hybridized carbons (Fsp3) is 0.444. The van der Waals surface area contributed by atoms with E-state index in [9.17, 15) is 9.90 Å². The second-order valence-electron chi connectivity index (χ2n) is 3.30. The van der Waals surface area contributed by atoms with Crippen LogP contribution in [0.4, 0.5) is 0 Å². The zero-order valence-electron chi connectivity index (χ0n) is 7.33. The molecule has 1 saturated heterocycles. The first-order chi connectivity index (χ1) is 6.16. The van der Waals surface area contributed by atoms with Gasteiger partial charge in [0.1, 0.15) is 5.76 Å². The standard InChI is InChI=1S/C9H11NO3/c1-5-2-6(11)3-7-9(5)13-4-8(12)10-7/h2,7,11H,3-4H2,1H3,(H,10,12). The number of hydrogen-bond acceptors (Lipinski definition) is 3. The van der Waals surface area contributed by atoms with Crippen LogP contribution in [0.3, 0.4) is 0 Å². The van der Waals surface area contributed by atoms with Gasteiger partial charge in [0.2, 0.25) is 0 Å². The highest BCUT2D eigenvalue weighted by Crippen LogP contribution is 2.25. The van der Waals surface area contributed by atoms with Gasteiger partial charge < -0.3 is 15.2 Å². The number of nitrogens with one attached hydrogen (secondary N) is 1. The van der Waals surface area contributed by atoms with Crippen LogP contribution in [-0.2, 0) is 9.53 Å². The predicted molar refractivity (Wildman–Crippen MR) is 45.9 cm³/mol. The van der Waals surface area contributed by atoms with Crippen molar-refractivity contribution in [3.8, 4) is 0 Å². The lowest BCUT2D eigenvalue weighted by molar-refractivity contribution is -0.128. The quantitative estimate of drug-likeness (QED) is 0.576. The number of fused-ring (bicyclic) bond motifs is 1. The zero-order valence-corrected chi connectivity index (χ0v) is 7.33. The Morgan fingerprint density at radius 1 is 1.69 bits per heavy atom. The molecule has 1 heterocycles. The highest BCUT2D eigenvalue weighted by Gasteiger charge is 2.29. The topological polar surface area (TPSA) is 58.6 Å². The number of rotatable bonds is 0. The van der Waals surface area contributed by atoms with Crippen LogP contribution in [0.25, 0.3) is 0 Å². The average molecular weight is 181 g/mol. The van der Waals surface area contributed by atoms with E-state index in [-0.39, 0.29) is 24.3 Å². The SMILES string of the molecule is CC1=C2OCC(=O)NC2CC(O)=C1. The molecule has 0 aromatic carbocycles. The molecule has 1 atom stereocenters. The molecule has 0 bridgehead atoms. The number of aliphatic hydroxyl groups is 1. The molecule has 0 radical (unpaired) electrons. The summed E-state index contributed by atoms with van der Waals surface area (Å²) >= 11 is 0. The number of carbonyl (C=O) groups excluding carboxylic acids is 1. The highest BCUT2D eigenvalue weighted by molar-refractivity contribution is 5.79. The molecule has 2 aliphatic rings. The van der Waals surface area contributed by atoms with Crippen molar-refractivity contribution in [2.24, 2.45) is 0 Å². The maximum atomic E-state index is 11.0. The molecular formula is C9H11NO3. The molecule has 0 aromatic heterocycles. The lowest BCUT2D eigenvalue weighted by Gasteiger charge is -2.30. The van der Waals surface area contributed by atoms with E-state index < -0.39 is 0 Å². The number of amides is 1. The van der Waals surface area contributed by atoms with E-state index in [1.54, 1.807) is 6.08 Å². The summed E-state index contributed by atoms with van der Waals surface area (Å²) in [4.78, 5) is 11.0. The Balaban J connectivity index is 2.29. The maximum absolute atomic E-state index is 11.0. The second-order valence-corrected chi connectivity index (χ2v) is 3.30. The molecule has 1 aliphatic carbocycles. The minimum atomic E-state index is -0.175. The second kappa shape index (κ2) is 2.80. The summed E-state index contributed by atoms with van der Waals surface area (Å²) < 4.78 is 5.27. The molecule has 2 N–H and O–H groups in total. The smallest absolute Gasteiger partial charge is 0.258 e. The number of aliphatic hydroxyl groups excluding tert-OH is 1. The Bertz CT molecular complexity index is 315. The van der Waals surface area contributed by atoms with Crippen LogP contribution in [0, 0.1) is 0 Å². The van der Waals surface area contributed by atoms with Crippen molar-refractivity contribution in [1.29, 1.82) is 0 Å². The van der Waals surface area contributed by atoms with Crippen LogP contribution in [-0.4, -0.2) is 23.7 Å². The van der Waals surface area contributed by atoms with Gasteiger partial charge in [0, 0.05) is 6.42 Å². The lowest BCUT2D eigenvalue weighted by atomic mass is 9.99. The van der Waals surface area contributed by atoms with Gasteiger partial charge in [-0.3, -0.25) is 4.79 Å². The molecule has 70 valence electrons. The van der Waals surface area contributed by atoms with Gasteiger partial charge in [0.05, 0.1) is 11.8 Å². The van der Waals surface area contributed by atoms with Gasteiger partial charge in [0.25, 0.3) is 5.91 Å². The molecule has 4 heteroatoms. The fourth-order valence-corrected chi connectivity index (χ4v) is 1.67. The van der Waals surface area contributed by atoms with Crippen molar-refractivity contribution in [2.75, 3.05) is 6.61 Å². The molecule has 2 rings (SSSR count). The monoisotopic (exact) mass is 181 g/mol. The molecule has 0 aromatic rings. The summed E-state index contributed by atoms with van der Waals surface area (Å²) in [5.41, 5.74) is 0.883. The van der Waals surface area contributed by atoms with Crippen LogP contribution in [0.5, 0.6) is 0 Å². The van der Waals surface area contributed by atoms with E-state index in [4.69, 9.17) is 4.74 Å². The maximum Gasteiger partial charge on any atom is 0.258 e. The molecule has 13 heavy (non-hydrogen) atoms. The van der Waals surface area contributed by atoms with Gasteiger partial charge in [-0.15, -0.1) is 0 Å². The Morgan fingerprint density at radius 2 is 2.46 bits per heavy atom. The normalized spacial score (nSPS) is 27.3. The summed E-state index contributed by atoms with van der Waals surface area (Å²) in [6, 6.07) is -0.175. The first-order valence-corrected chi connectivity index (χ1v) is 4.19. The van der Waals surface area contributed by atoms with Crippen molar-refractivity contribution in [3.63, 3.8) is 0 Å². The molecule has 1 amide bonds. The largest absolute Gasteiger partial charge is 0.512 e. The van der Waals surface area contributed by atoms with Gasteiger partial charge in [-0.1, -0.05) is 0 Å². The van der Waals surface area contributed by atoms with Crippen LogP contribution in [0.15, 0.2) is 23.2 Å². The number of allylic oxidation sites excluding steroid dienone is 2. The van der Waals surface area contributed by atoms with Crippen LogP contribution in [0.2, 0.25) is 0 Å². The molecule has 1 fully saturated rings. The summed E-state index contributed by atoms with van der Waals surface area (Å²) in [5.74, 6) is 0.936. The van der Waals surface area contributed by atoms with E-state index in [0.717, 1.165) is 11.3 Å². The Labute approximate surface area is 75.9 Å². The van der Waals surface area contributed by atoms with Crippen molar-refractivity contribution >= 4 is 5.91 Å². The Morgan fingerprint density at radius 3 is 3.23 bits per heavy atom. The Hall–Kier alpha value is -1.45. The summed E-state index contributed by atoms with van der Waals surface area (Å²) in [7, 11) is 0. The van der Waals surface area contributed by atoms with Gasteiger partial charge in [-0.2, -0.15) is 0 Å². The molecule has 1 aliphatic heterocycles. The van der Waals surface area contributed by atoms with Crippen LogP contribution in [0.1, 0.15) is 13.3 Å². The van der Waals surface area contributed by atoms with Crippen molar-refractivity contribution in [2.45, 2.75) is 19.4 Å². The number of ether oxygens (including phenoxy) is 1. The van der Waals surface area contributed by atoms with Gasteiger partial charge in [-0.05, 0) is 18.6 Å². The zero-order chi connectivity index (χ0) is 9.42. The number of hydrogen-bond donors (Lipinski definition) is 2. The van der Waals surface area contributed by atoms with Crippen molar-refractivity contribution < 1.29 is 14.6 Å². The van der Waals surface area contributed by atoms with Gasteiger partial charge in [-0.25, -0.2) is 0 Å². The van der Waals surface area contributed by atoms with E-state index in [0.29, 0.717) is 6.42 Å². The third-order valence-corrected chi connectivity index (χ3v) is 2.20. The number of carbonyl (C=O) groups is 1. The van der Waals surface area contributed by atoms with Crippen LogP contribution >= 0.6 is 0 Å². The molecule has 4 nitrogen and oxygen atoms in total. The summed E-state index contributed by atoms with van der Waals surface area (Å²) in [6.07, 6.45) is 2.10. The summed E-state index contributed by atoms with van der Waals surface area (Å²) in [5, 5.41) is 12.1. The van der Waals surface area contributed by atoms with Crippen molar-refractivity contribution in [3.05, 3.63) is 23.2 Å². The molecule has 0 saturated carbocycles. The molecule has 1 unspecified atom stereocenters. The third-order valence-electron chi connectivity index (χ3n) is 2.20. The minimum Gasteiger partial charge on any atom is -0.512 e. The van der Waals surface area contributed by atoms with Crippen LogP contribution < -0.4 is 5.32 Å². The predicted octanol–water partition coefficient (Wildman–Crippen LogP) is 0.621. The first kappa shape index (κ1) is 8.16. The van der Waals surface area contributed by atoms with Crippen molar-refractivity contribution in [1.82, 2.24) is 5.32 Å². The van der Waals surface area contributed by atoms with Gasteiger partial charge in [0.15, 0.2) is 6.61 Å².